The summed E-state index contributed by atoms with van der Waals surface area (Å²) in [5, 5.41) is 3.31. The van der Waals surface area contributed by atoms with Crippen molar-refractivity contribution in [1.82, 2.24) is 15.1 Å². The maximum atomic E-state index is 12.7. The highest BCUT2D eigenvalue weighted by atomic mass is 16.2. The Balaban J connectivity index is 1.38. The van der Waals surface area contributed by atoms with Crippen LogP contribution in [0.5, 0.6) is 0 Å². The van der Waals surface area contributed by atoms with Crippen LogP contribution in [0.15, 0.2) is 36.4 Å². The van der Waals surface area contributed by atoms with Crippen LogP contribution in [0.25, 0.3) is 6.08 Å². The largest absolute Gasteiger partial charge is 0.352 e. The van der Waals surface area contributed by atoms with Crippen LogP contribution in [0.4, 0.5) is 0 Å². The molecular formula is C23H35N3O. The molecule has 1 N–H and O–H groups in total. The quantitative estimate of drug-likeness (QED) is 0.779. The van der Waals surface area contributed by atoms with Crippen LogP contribution in [0.2, 0.25) is 0 Å². The van der Waals surface area contributed by atoms with Gasteiger partial charge in [0.1, 0.15) is 0 Å². The Kier molecular flexibility index (Phi) is 7.91. The van der Waals surface area contributed by atoms with E-state index in [9.17, 15) is 4.79 Å². The number of nitrogens with one attached hydrogen (secondary N) is 1. The van der Waals surface area contributed by atoms with E-state index in [1.165, 1.54) is 31.2 Å². The van der Waals surface area contributed by atoms with Crippen molar-refractivity contribution < 1.29 is 4.79 Å². The number of nitrogens with zero attached hydrogens (tertiary/aromatic N) is 2. The van der Waals surface area contributed by atoms with Crippen molar-refractivity contribution in [2.24, 2.45) is 0 Å². The molecule has 1 saturated carbocycles. The number of carbonyl (C=O) groups is 1. The molecule has 1 aromatic rings. The smallest absolute Gasteiger partial charge is 0.237 e. The van der Waals surface area contributed by atoms with Crippen molar-refractivity contribution >= 4 is 12.0 Å². The second kappa shape index (κ2) is 10.6. The van der Waals surface area contributed by atoms with Crippen molar-refractivity contribution in [3.05, 3.63) is 42.0 Å². The van der Waals surface area contributed by atoms with Crippen molar-refractivity contribution in [2.45, 2.75) is 57.5 Å². The average molecular weight is 370 g/mol. The van der Waals surface area contributed by atoms with Crippen molar-refractivity contribution in [3.63, 3.8) is 0 Å². The van der Waals surface area contributed by atoms with Crippen LogP contribution in [0, 0.1) is 0 Å². The van der Waals surface area contributed by atoms with E-state index < -0.39 is 0 Å². The van der Waals surface area contributed by atoms with Crippen LogP contribution in [0.3, 0.4) is 0 Å². The second-order valence-electron chi connectivity index (χ2n) is 8.02. The summed E-state index contributed by atoms with van der Waals surface area (Å²) in [4.78, 5) is 17.5. The van der Waals surface area contributed by atoms with Gasteiger partial charge in [-0.3, -0.25) is 14.6 Å². The number of piperazine rings is 1. The summed E-state index contributed by atoms with van der Waals surface area (Å²) in [6.45, 7) is 7.04. The molecule has 1 aliphatic heterocycles. The highest BCUT2D eigenvalue weighted by molar-refractivity contribution is 5.81. The maximum absolute atomic E-state index is 12.7. The van der Waals surface area contributed by atoms with Gasteiger partial charge >= 0.3 is 0 Å². The zero-order chi connectivity index (χ0) is 18.9. The van der Waals surface area contributed by atoms with E-state index in [0.717, 1.165) is 45.6 Å². The van der Waals surface area contributed by atoms with E-state index in [1.807, 2.05) is 6.07 Å². The van der Waals surface area contributed by atoms with E-state index in [4.69, 9.17) is 0 Å². The van der Waals surface area contributed by atoms with Gasteiger partial charge in [0.05, 0.1) is 6.04 Å². The van der Waals surface area contributed by atoms with Gasteiger partial charge in [0, 0.05) is 38.8 Å². The van der Waals surface area contributed by atoms with Gasteiger partial charge in [0.25, 0.3) is 0 Å². The molecule has 4 heteroatoms. The van der Waals surface area contributed by atoms with Gasteiger partial charge in [-0.1, -0.05) is 68.2 Å². The second-order valence-corrected chi connectivity index (χ2v) is 8.02. The number of benzene rings is 1. The lowest BCUT2D eigenvalue weighted by molar-refractivity contribution is -0.127. The molecule has 1 atom stereocenters. The fourth-order valence-electron chi connectivity index (χ4n) is 4.15. The number of amides is 1. The molecule has 1 unspecified atom stereocenters. The van der Waals surface area contributed by atoms with Crippen molar-refractivity contribution in [3.8, 4) is 0 Å². The predicted octanol–water partition coefficient (Wildman–Crippen LogP) is 3.54. The summed E-state index contributed by atoms with van der Waals surface area (Å²) in [5.74, 6) is 0.222. The fraction of sp³-hybridized carbons (Fsp3) is 0.609. The van der Waals surface area contributed by atoms with Crippen LogP contribution in [-0.4, -0.2) is 60.5 Å². The predicted molar refractivity (Wildman–Crippen MR) is 113 cm³/mol. The first-order chi connectivity index (χ1) is 13.2. The lowest BCUT2D eigenvalue weighted by Gasteiger charge is -2.37. The maximum Gasteiger partial charge on any atom is 0.237 e. The normalized spacial score (nSPS) is 21.8. The number of hydrogen-bond donors (Lipinski definition) is 1. The standard InChI is InChI=1S/C23H35N3O/c1-20(23(27)24-22-13-7-2-3-8-14-22)26-18-16-25(17-19-26)15-9-12-21-10-5-4-6-11-21/h4-6,9-12,20,22H,2-3,7-8,13-19H2,1H3,(H,24,27). The first-order valence-corrected chi connectivity index (χ1v) is 10.7. The fourth-order valence-corrected chi connectivity index (χ4v) is 4.15. The molecule has 0 spiro atoms. The molecule has 1 heterocycles. The van der Waals surface area contributed by atoms with E-state index in [-0.39, 0.29) is 11.9 Å². The van der Waals surface area contributed by atoms with Crippen molar-refractivity contribution in [2.75, 3.05) is 32.7 Å². The van der Waals surface area contributed by atoms with E-state index in [1.54, 1.807) is 0 Å². The molecule has 4 nitrogen and oxygen atoms in total. The molecule has 0 aromatic heterocycles. The zero-order valence-corrected chi connectivity index (χ0v) is 16.8. The minimum absolute atomic E-state index is 0.0183. The zero-order valence-electron chi connectivity index (χ0n) is 16.8. The van der Waals surface area contributed by atoms with E-state index >= 15 is 0 Å². The lowest BCUT2D eigenvalue weighted by Crippen LogP contribution is -2.54. The summed E-state index contributed by atoms with van der Waals surface area (Å²) in [7, 11) is 0. The molecule has 3 rings (SSSR count). The first kappa shape index (κ1) is 20.1. The van der Waals surface area contributed by atoms with Crippen molar-refractivity contribution in [1.29, 1.82) is 0 Å². The third-order valence-electron chi connectivity index (χ3n) is 6.01. The molecule has 0 radical (unpaired) electrons. The Morgan fingerprint density at radius 2 is 1.74 bits per heavy atom. The van der Waals surface area contributed by atoms with Crippen LogP contribution >= 0.6 is 0 Å². The monoisotopic (exact) mass is 369 g/mol. The van der Waals surface area contributed by atoms with E-state index in [0.29, 0.717) is 6.04 Å². The molecule has 1 amide bonds. The lowest BCUT2D eigenvalue weighted by atomic mass is 10.1. The molecular weight excluding hydrogens is 334 g/mol. The third-order valence-corrected chi connectivity index (χ3v) is 6.01. The molecule has 0 bridgehead atoms. The Labute approximate surface area is 164 Å². The topological polar surface area (TPSA) is 35.6 Å². The molecule has 27 heavy (non-hydrogen) atoms. The molecule has 2 fully saturated rings. The van der Waals surface area contributed by atoms with Gasteiger partial charge in [-0.05, 0) is 25.3 Å². The van der Waals surface area contributed by atoms with Gasteiger partial charge in [0.2, 0.25) is 5.91 Å². The minimum atomic E-state index is -0.0183. The summed E-state index contributed by atoms with van der Waals surface area (Å²) in [6, 6.07) is 10.8. The molecule has 1 aliphatic carbocycles. The van der Waals surface area contributed by atoms with Crippen LogP contribution in [0.1, 0.15) is 51.0 Å². The van der Waals surface area contributed by atoms with Gasteiger partial charge in [-0.2, -0.15) is 0 Å². The summed E-state index contributed by atoms with van der Waals surface area (Å²) in [6.07, 6.45) is 11.9. The Bertz CT molecular complexity index is 585. The molecule has 1 saturated heterocycles. The number of carbonyl (C=O) groups excluding carboxylic acids is 1. The molecule has 2 aliphatic rings. The summed E-state index contributed by atoms with van der Waals surface area (Å²) >= 11 is 0. The highest BCUT2D eigenvalue weighted by Crippen LogP contribution is 2.17. The summed E-state index contributed by atoms with van der Waals surface area (Å²) in [5.41, 5.74) is 1.25. The first-order valence-electron chi connectivity index (χ1n) is 10.7. The SMILES string of the molecule is CC(C(=O)NC1CCCCCC1)N1CCN(CC=Cc2ccccc2)CC1. The number of hydrogen-bond acceptors (Lipinski definition) is 3. The Hall–Kier alpha value is -1.65. The van der Waals surface area contributed by atoms with Gasteiger partial charge in [0.15, 0.2) is 0 Å². The van der Waals surface area contributed by atoms with E-state index in [2.05, 4.69) is 58.5 Å². The van der Waals surface area contributed by atoms with Crippen LogP contribution in [-0.2, 0) is 4.79 Å². The van der Waals surface area contributed by atoms with Gasteiger partial charge in [-0.25, -0.2) is 0 Å². The third kappa shape index (κ3) is 6.47. The number of rotatable bonds is 6. The Morgan fingerprint density at radius 1 is 1.07 bits per heavy atom. The van der Waals surface area contributed by atoms with Gasteiger partial charge < -0.3 is 5.32 Å². The minimum Gasteiger partial charge on any atom is -0.352 e. The van der Waals surface area contributed by atoms with Crippen LogP contribution < -0.4 is 5.32 Å². The molecule has 148 valence electrons. The Morgan fingerprint density at radius 3 is 2.41 bits per heavy atom. The molecule has 1 aromatic carbocycles. The average Bonchev–Trinajstić information content (AvgIpc) is 2.97. The van der Waals surface area contributed by atoms with Gasteiger partial charge in [-0.15, -0.1) is 0 Å². The highest BCUT2D eigenvalue weighted by Gasteiger charge is 2.26. The summed E-state index contributed by atoms with van der Waals surface area (Å²) < 4.78 is 0.